The van der Waals surface area contributed by atoms with Gasteiger partial charge in [0.1, 0.15) is 5.75 Å². The lowest BCUT2D eigenvalue weighted by atomic mass is 9.79. The van der Waals surface area contributed by atoms with E-state index in [0.717, 1.165) is 12.0 Å². The summed E-state index contributed by atoms with van der Waals surface area (Å²) in [6, 6.07) is 6.82. The fourth-order valence-corrected chi connectivity index (χ4v) is 4.86. The minimum absolute atomic E-state index is 0.0214. The Morgan fingerprint density at radius 1 is 1.13 bits per heavy atom. The van der Waals surface area contributed by atoms with Gasteiger partial charge in [0, 0.05) is 24.6 Å². The van der Waals surface area contributed by atoms with E-state index in [1.807, 2.05) is 24.3 Å². The molecule has 2 fully saturated rings. The van der Waals surface area contributed by atoms with E-state index in [4.69, 9.17) is 10.5 Å². The zero-order chi connectivity index (χ0) is 22.1. The van der Waals surface area contributed by atoms with Crippen molar-refractivity contribution >= 4 is 11.7 Å². The topological polar surface area (TPSA) is 72.6 Å². The third-order valence-corrected chi connectivity index (χ3v) is 6.37. The number of nitrogens with zero attached hydrogens (tertiary/aromatic N) is 1. The monoisotopic (exact) mass is 416 g/mol. The van der Waals surface area contributed by atoms with Gasteiger partial charge in [-0.1, -0.05) is 70.6 Å². The fraction of sp³-hybridized carbons (Fsp3) is 0.680. The molecule has 0 spiro atoms. The Morgan fingerprint density at radius 3 is 2.37 bits per heavy atom. The molecule has 1 aliphatic carbocycles. The lowest BCUT2D eigenvalue weighted by molar-refractivity contribution is -0.137. The van der Waals surface area contributed by atoms with Crippen molar-refractivity contribution in [1.29, 1.82) is 0 Å². The number of methoxy groups -OCH3 is 1. The molecule has 2 aliphatic rings. The van der Waals surface area contributed by atoms with Gasteiger partial charge in [-0.3, -0.25) is 9.59 Å². The Morgan fingerprint density at radius 2 is 1.77 bits per heavy atom. The van der Waals surface area contributed by atoms with Crippen LogP contribution in [-0.4, -0.2) is 36.3 Å². The molecular formula is C25H40N2O3. The summed E-state index contributed by atoms with van der Waals surface area (Å²) in [5, 5.41) is 0. The Bertz CT molecular complexity index is 685. The van der Waals surface area contributed by atoms with E-state index >= 15 is 0 Å². The highest BCUT2D eigenvalue weighted by molar-refractivity contribution is 5.88. The van der Waals surface area contributed by atoms with Crippen molar-refractivity contribution in [2.75, 3.05) is 13.7 Å². The molecular weight excluding hydrogens is 376 g/mol. The Hall–Kier alpha value is -1.88. The summed E-state index contributed by atoms with van der Waals surface area (Å²) in [6.45, 7) is 6.56. The van der Waals surface area contributed by atoms with Gasteiger partial charge < -0.3 is 15.4 Å². The number of likely N-dealkylation sites (tertiary alicyclic amines) is 1. The van der Waals surface area contributed by atoms with Crippen LogP contribution in [0.15, 0.2) is 24.3 Å². The van der Waals surface area contributed by atoms with Gasteiger partial charge >= 0.3 is 0 Å². The Labute approximate surface area is 182 Å². The molecule has 5 heteroatoms. The first-order chi connectivity index (χ1) is 14.4. The number of hydrogen-bond acceptors (Lipinski definition) is 4. The molecule has 3 atom stereocenters. The third kappa shape index (κ3) is 6.31. The summed E-state index contributed by atoms with van der Waals surface area (Å²) in [4.78, 5) is 27.0. The molecule has 1 aromatic rings. The molecule has 0 radical (unpaired) electrons. The highest BCUT2D eigenvalue weighted by Gasteiger charge is 2.41. The summed E-state index contributed by atoms with van der Waals surface area (Å²) < 4.78 is 5.37. The van der Waals surface area contributed by atoms with Gasteiger partial charge in [0.25, 0.3) is 0 Å². The van der Waals surface area contributed by atoms with Gasteiger partial charge in [0.15, 0.2) is 5.78 Å². The summed E-state index contributed by atoms with van der Waals surface area (Å²) in [7, 11) is 1.61. The van der Waals surface area contributed by atoms with Gasteiger partial charge in [-0.15, -0.1) is 0 Å². The molecule has 2 N–H and O–H groups in total. The highest BCUT2D eigenvalue weighted by Crippen LogP contribution is 2.38. The molecule has 1 saturated carbocycles. The predicted octanol–water partition coefficient (Wildman–Crippen LogP) is 4.89. The predicted molar refractivity (Wildman–Crippen MR) is 121 cm³/mol. The van der Waals surface area contributed by atoms with Crippen LogP contribution in [0.1, 0.15) is 83.7 Å². The normalized spacial score (nSPS) is 22.8. The van der Waals surface area contributed by atoms with Crippen LogP contribution in [0.5, 0.6) is 5.75 Å². The number of nitrogens with two attached hydrogens (primary N) is 1. The first kappa shape index (κ1) is 24.4. The number of rotatable bonds is 6. The number of hydrogen-bond donors (Lipinski definition) is 1. The van der Waals surface area contributed by atoms with E-state index in [-0.39, 0.29) is 24.2 Å². The molecule has 3 rings (SSSR count). The number of ether oxygens (including phenoxy) is 1. The summed E-state index contributed by atoms with van der Waals surface area (Å²) in [5.74, 6) is 1.87. The molecule has 0 aromatic heterocycles. The second-order valence-corrected chi connectivity index (χ2v) is 8.83. The van der Waals surface area contributed by atoms with Gasteiger partial charge in [0.2, 0.25) is 5.91 Å². The molecule has 1 amide bonds. The minimum atomic E-state index is -0.435. The van der Waals surface area contributed by atoms with E-state index < -0.39 is 6.04 Å². The number of Topliss-reactive ketones (excluding diaryl/α,β-unsaturated/α-hetero) is 1. The van der Waals surface area contributed by atoms with Crippen LogP contribution in [0.2, 0.25) is 0 Å². The fourth-order valence-electron chi connectivity index (χ4n) is 4.86. The van der Waals surface area contributed by atoms with Crippen molar-refractivity contribution in [1.82, 2.24) is 4.90 Å². The maximum atomic E-state index is 13.0. The van der Waals surface area contributed by atoms with E-state index in [9.17, 15) is 9.59 Å². The van der Waals surface area contributed by atoms with Crippen molar-refractivity contribution in [3.05, 3.63) is 29.8 Å². The zero-order valence-electron chi connectivity index (χ0n) is 19.2. The van der Waals surface area contributed by atoms with E-state index in [2.05, 4.69) is 13.8 Å². The molecule has 1 saturated heterocycles. The number of ketones is 1. The maximum absolute atomic E-state index is 13.0. The van der Waals surface area contributed by atoms with Gasteiger partial charge in [-0.2, -0.15) is 0 Å². The molecule has 1 aliphatic heterocycles. The number of carbonyl (C=O) groups excluding carboxylic acids is 2. The largest absolute Gasteiger partial charge is 0.496 e. The molecule has 1 unspecified atom stereocenters. The molecule has 5 nitrogen and oxygen atoms in total. The van der Waals surface area contributed by atoms with Crippen molar-refractivity contribution in [2.24, 2.45) is 17.6 Å². The second-order valence-electron chi connectivity index (χ2n) is 8.83. The van der Waals surface area contributed by atoms with Crippen LogP contribution in [-0.2, 0) is 9.59 Å². The van der Waals surface area contributed by atoms with Crippen LogP contribution < -0.4 is 10.5 Å². The standard InChI is InChI=1S/C22H32N2O3.C3H8/c1-15(25)20-12-17(16-8-4-3-5-9-16)14-24(20)22(26)13-19(23)18-10-6-7-11-21(18)27-2;1-3-2/h6-7,10-11,16-17,19-20H,3-5,8-9,12-14,23H2,1-2H3;3H2,1-2H3/t17?,19-,20-;/m0./s1. The average molecular weight is 417 g/mol. The number of para-hydroxylation sites is 1. The van der Waals surface area contributed by atoms with E-state index in [1.54, 1.807) is 18.9 Å². The van der Waals surface area contributed by atoms with Gasteiger partial charge in [-0.25, -0.2) is 0 Å². The average Bonchev–Trinajstić information content (AvgIpc) is 3.21. The molecule has 1 aromatic carbocycles. The maximum Gasteiger partial charge on any atom is 0.225 e. The van der Waals surface area contributed by atoms with Crippen molar-refractivity contribution < 1.29 is 14.3 Å². The number of carbonyl (C=O) groups is 2. The lowest BCUT2D eigenvalue weighted by Gasteiger charge is -2.27. The quantitative estimate of drug-likeness (QED) is 0.717. The van der Waals surface area contributed by atoms with Gasteiger partial charge in [-0.05, 0) is 31.2 Å². The zero-order valence-corrected chi connectivity index (χ0v) is 19.2. The van der Waals surface area contributed by atoms with Crippen LogP contribution in [0, 0.1) is 11.8 Å². The van der Waals surface area contributed by atoms with Crippen LogP contribution in [0.25, 0.3) is 0 Å². The Balaban J connectivity index is 0.00000101. The van der Waals surface area contributed by atoms with E-state index in [1.165, 1.54) is 38.5 Å². The van der Waals surface area contributed by atoms with Gasteiger partial charge in [0.05, 0.1) is 13.2 Å². The second kappa shape index (κ2) is 12.1. The minimum Gasteiger partial charge on any atom is -0.496 e. The Kier molecular flexibility index (Phi) is 9.83. The van der Waals surface area contributed by atoms with Crippen molar-refractivity contribution in [2.45, 2.75) is 84.2 Å². The van der Waals surface area contributed by atoms with Crippen LogP contribution in [0.3, 0.4) is 0 Å². The molecule has 168 valence electrons. The summed E-state index contributed by atoms with van der Waals surface area (Å²) >= 11 is 0. The summed E-state index contributed by atoms with van der Waals surface area (Å²) in [5.41, 5.74) is 7.16. The summed E-state index contributed by atoms with van der Waals surface area (Å²) in [6.07, 6.45) is 8.60. The SMILES string of the molecule is CCC.COc1ccccc1[C@@H](N)CC(=O)N1CC(C2CCCCC2)C[C@H]1C(C)=O. The molecule has 30 heavy (non-hydrogen) atoms. The van der Waals surface area contributed by atoms with Crippen molar-refractivity contribution in [3.8, 4) is 5.75 Å². The van der Waals surface area contributed by atoms with E-state index in [0.29, 0.717) is 24.1 Å². The first-order valence-corrected chi connectivity index (χ1v) is 11.6. The smallest absolute Gasteiger partial charge is 0.225 e. The highest BCUT2D eigenvalue weighted by atomic mass is 16.5. The van der Waals surface area contributed by atoms with Crippen molar-refractivity contribution in [3.63, 3.8) is 0 Å². The first-order valence-electron chi connectivity index (χ1n) is 11.6. The lowest BCUT2D eigenvalue weighted by Crippen LogP contribution is -2.41. The third-order valence-electron chi connectivity index (χ3n) is 6.37. The van der Waals surface area contributed by atoms with Crippen LogP contribution >= 0.6 is 0 Å². The number of amides is 1. The number of benzene rings is 1. The molecule has 0 bridgehead atoms. The van der Waals surface area contributed by atoms with Crippen LogP contribution in [0.4, 0.5) is 0 Å². The molecule has 1 heterocycles.